The highest BCUT2D eigenvalue weighted by Gasteiger charge is 2.40. The van der Waals surface area contributed by atoms with Crippen LogP contribution in [0.5, 0.6) is 0 Å². The Labute approximate surface area is 179 Å². The van der Waals surface area contributed by atoms with Gasteiger partial charge in [-0.2, -0.15) is 0 Å². The van der Waals surface area contributed by atoms with Gasteiger partial charge in [0.15, 0.2) is 5.11 Å². The van der Waals surface area contributed by atoms with E-state index in [9.17, 15) is 4.79 Å². The van der Waals surface area contributed by atoms with Gasteiger partial charge in [-0.1, -0.05) is 24.3 Å². The van der Waals surface area contributed by atoms with E-state index < -0.39 is 0 Å². The number of aryl methyl sites for hydroxylation is 1. The Morgan fingerprint density at radius 2 is 1.97 bits per heavy atom. The van der Waals surface area contributed by atoms with Crippen LogP contribution in [0.1, 0.15) is 34.0 Å². The number of nitrogens with one attached hydrogen (secondary N) is 2. The van der Waals surface area contributed by atoms with Crippen LogP contribution in [-0.2, 0) is 4.79 Å². The first-order chi connectivity index (χ1) is 14.1. The summed E-state index contributed by atoms with van der Waals surface area (Å²) >= 11 is 7.40. The third-order valence-electron chi connectivity index (χ3n) is 4.89. The van der Waals surface area contributed by atoms with Gasteiger partial charge in [-0.15, -0.1) is 11.3 Å². The first-order valence-corrected chi connectivity index (χ1v) is 10.7. The van der Waals surface area contributed by atoms with Gasteiger partial charge in [0, 0.05) is 34.6 Å². The summed E-state index contributed by atoms with van der Waals surface area (Å²) in [7, 11) is 0. The Balaban J connectivity index is 1.52. The lowest BCUT2D eigenvalue weighted by Crippen LogP contribution is -2.32. The summed E-state index contributed by atoms with van der Waals surface area (Å²) < 4.78 is 0. The van der Waals surface area contributed by atoms with Gasteiger partial charge in [-0.05, 0) is 55.5 Å². The number of thiophene rings is 1. The molecule has 2 aromatic heterocycles. The van der Waals surface area contributed by atoms with E-state index in [4.69, 9.17) is 12.2 Å². The number of para-hydroxylation sites is 1. The topological polar surface area (TPSA) is 57.3 Å². The van der Waals surface area contributed by atoms with E-state index in [1.807, 2.05) is 48.5 Å². The normalized spacial score (nSPS) is 18.5. The van der Waals surface area contributed by atoms with Crippen LogP contribution in [0.15, 0.2) is 66.9 Å². The second kappa shape index (κ2) is 8.71. The first-order valence-electron chi connectivity index (χ1n) is 9.51. The van der Waals surface area contributed by atoms with Crippen LogP contribution < -0.4 is 10.6 Å². The predicted molar refractivity (Wildman–Crippen MR) is 121 cm³/mol. The molecule has 4 rings (SSSR count). The van der Waals surface area contributed by atoms with Gasteiger partial charge in [-0.25, -0.2) is 0 Å². The van der Waals surface area contributed by atoms with Crippen molar-refractivity contribution in [3.05, 3.63) is 82.3 Å². The molecule has 0 bridgehead atoms. The van der Waals surface area contributed by atoms with E-state index in [1.54, 1.807) is 17.5 Å². The molecule has 29 heavy (non-hydrogen) atoms. The number of thiocarbonyl (C=S) groups is 1. The molecule has 0 aliphatic carbocycles. The average Bonchev–Trinajstić information content (AvgIpc) is 3.30. The molecular formula is C22H22N4OS2. The maximum Gasteiger partial charge on any atom is 0.226 e. The molecule has 1 aliphatic rings. The summed E-state index contributed by atoms with van der Waals surface area (Å²) in [5, 5.41) is 7.02. The number of pyridine rings is 1. The Kier molecular flexibility index (Phi) is 5.87. The van der Waals surface area contributed by atoms with Gasteiger partial charge in [0.05, 0.1) is 17.8 Å². The Morgan fingerprint density at radius 3 is 2.66 bits per heavy atom. The standard InChI is InChI=1S/C22H22N4OS2/c1-15-10-11-18(29-15)21-20(17-9-5-6-13-23-17)25-22(28)26(21)14-12-19(27)24-16-7-3-2-4-8-16/h2-11,13,20-21H,12,14H2,1H3,(H,24,27)(H,25,28)/t20-,21-/m1/s1. The Hall–Kier alpha value is -2.77. The molecule has 1 fully saturated rings. The minimum Gasteiger partial charge on any atom is -0.352 e. The molecule has 148 valence electrons. The molecule has 1 aliphatic heterocycles. The molecule has 1 aromatic carbocycles. The number of carbonyl (C=O) groups is 1. The number of aromatic nitrogens is 1. The Morgan fingerprint density at radius 1 is 1.17 bits per heavy atom. The van der Waals surface area contributed by atoms with Crippen molar-refractivity contribution in [1.82, 2.24) is 15.2 Å². The third-order valence-corrected chi connectivity index (χ3v) is 6.31. The van der Waals surface area contributed by atoms with Crippen molar-refractivity contribution in [1.29, 1.82) is 0 Å². The van der Waals surface area contributed by atoms with Gasteiger partial charge in [0.25, 0.3) is 0 Å². The van der Waals surface area contributed by atoms with Gasteiger partial charge in [-0.3, -0.25) is 9.78 Å². The van der Waals surface area contributed by atoms with Gasteiger partial charge in [0.1, 0.15) is 0 Å². The van der Waals surface area contributed by atoms with Crippen LogP contribution in [-0.4, -0.2) is 27.4 Å². The minimum absolute atomic E-state index is 0.0145. The van der Waals surface area contributed by atoms with Crippen molar-refractivity contribution in [2.75, 3.05) is 11.9 Å². The van der Waals surface area contributed by atoms with Crippen LogP contribution in [0.3, 0.4) is 0 Å². The number of benzene rings is 1. The number of nitrogens with zero attached hydrogens (tertiary/aromatic N) is 2. The summed E-state index contributed by atoms with van der Waals surface area (Å²) in [4.78, 5) is 21.6. The molecule has 3 aromatic rings. The quantitative estimate of drug-likeness (QED) is 0.575. The van der Waals surface area contributed by atoms with Crippen molar-refractivity contribution < 1.29 is 4.79 Å². The van der Waals surface area contributed by atoms with Crippen molar-refractivity contribution in [2.24, 2.45) is 0 Å². The van der Waals surface area contributed by atoms with Crippen molar-refractivity contribution in [3.63, 3.8) is 0 Å². The highest BCUT2D eigenvalue weighted by molar-refractivity contribution is 7.80. The van der Waals surface area contributed by atoms with Crippen LogP contribution in [0.2, 0.25) is 0 Å². The highest BCUT2D eigenvalue weighted by Crippen LogP contribution is 2.41. The van der Waals surface area contributed by atoms with Crippen LogP contribution in [0.25, 0.3) is 0 Å². The maximum absolute atomic E-state index is 12.5. The van der Waals surface area contributed by atoms with E-state index in [0.717, 1.165) is 11.4 Å². The zero-order valence-electron chi connectivity index (χ0n) is 16.0. The van der Waals surface area contributed by atoms with E-state index in [-0.39, 0.29) is 18.0 Å². The van der Waals surface area contributed by atoms with E-state index in [2.05, 4.69) is 39.6 Å². The van der Waals surface area contributed by atoms with Crippen LogP contribution in [0, 0.1) is 6.92 Å². The van der Waals surface area contributed by atoms with E-state index in [1.165, 1.54) is 9.75 Å². The molecular weight excluding hydrogens is 400 g/mol. The summed E-state index contributed by atoms with van der Waals surface area (Å²) in [6, 6.07) is 19.7. The zero-order valence-corrected chi connectivity index (χ0v) is 17.7. The fraction of sp³-hybridized carbons (Fsp3) is 0.227. The SMILES string of the molecule is Cc1ccc([C@@H]2[C@@H](c3ccccn3)NC(=S)N2CCC(=O)Nc2ccccc2)s1. The lowest BCUT2D eigenvalue weighted by molar-refractivity contribution is -0.116. The maximum atomic E-state index is 12.5. The largest absolute Gasteiger partial charge is 0.352 e. The number of amides is 1. The first kappa shape index (κ1) is 19.5. The second-order valence-corrected chi connectivity index (χ2v) is 8.64. The molecule has 2 N–H and O–H groups in total. The number of anilines is 1. The monoisotopic (exact) mass is 422 g/mol. The third kappa shape index (κ3) is 4.46. The molecule has 0 radical (unpaired) electrons. The van der Waals surface area contributed by atoms with Crippen molar-refractivity contribution in [2.45, 2.75) is 25.4 Å². The number of hydrogen-bond acceptors (Lipinski definition) is 4. The van der Waals surface area contributed by atoms with Crippen LogP contribution >= 0.6 is 23.6 Å². The minimum atomic E-state index is -0.0427. The van der Waals surface area contributed by atoms with E-state index in [0.29, 0.717) is 18.1 Å². The molecule has 7 heteroatoms. The molecule has 3 heterocycles. The summed E-state index contributed by atoms with van der Waals surface area (Å²) in [6.07, 6.45) is 2.15. The predicted octanol–water partition coefficient (Wildman–Crippen LogP) is 4.45. The fourth-order valence-electron chi connectivity index (χ4n) is 3.53. The lowest BCUT2D eigenvalue weighted by Gasteiger charge is -2.26. The highest BCUT2D eigenvalue weighted by atomic mass is 32.1. The lowest BCUT2D eigenvalue weighted by atomic mass is 10.0. The smallest absolute Gasteiger partial charge is 0.226 e. The molecule has 1 amide bonds. The van der Waals surface area contributed by atoms with Gasteiger partial charge in [0.2, 0.25) is 5.91 Å². The Bertz CT molecular complexity index is 990. The summed E-state index contributed by atoms with van der Waals surface area (Å²) in [5.41, 5.74) is 1.75. The number of carbonyl (C=O) groups excluding carboxylic acids is 1. The van der Waals surface area contributed by atoms with Crippen molar-refractivity contribution >= 4 is 40.3 Å². The van der Waals surface area contributed by atoms with Crippen LogP contribution in [0.4, 0.5) is 5.69 Å². The molecule has 1 saturated heterocycles. The molecule has 0 saturated carbocycles. The summed E-state index contributed by atoms with van der Waals surface area (Å²) in [6.45, 7) is 2.64. The second-order valence-electron chi connectivity index (χ2n) is 6.93. The number of hydrogen-bond donors (Lipinski definition) is 2. The van der Waals surface area contributed by atoms with E-state index >= 15 is 0 Å². The molecule has 5 nitrogen and oxygen atoms in total. The summed E-state index contributed by atoms with van der Waals surface area (Å²) in [5.74, 6) is -0.0265. The molecule has 0 unspecified atom stereocenters. The average molecular weight is 423 g/mol. The molecule has 2 atom stereocenters. The van der Waals surface area contributed by atoms with Crippen molar-refractivity contribution in [3.8, 4) is 0 Å². The molecule has 0 spiro atoms. The fourth-order valence-corrected chi connectivity index (χ4v) is 4.89. The van der Waals surface area contributed by atoms with Gasteiger partial charge < -0.3 is 15.5 Å². The zero-order chi connectivity index (χ0) is 20.2. The number of rotatable bonds is 6. The van der Waals surface area contributed by atoms with Gasteiger partial charge >= 0.3 is 0 Å².